The Bertz CT molecular complexity index is 636. The first kappa shape index (κ1) is 20.8. The molecule has 2 N–H and O–H groups in total. The van der Waals surface area contributed by atoms with Crippen molar-refractivity contribution in [3.63, 3.8) is 0 Å². The third-order valence-corrected chi connectivity index (χ3v) is 6.53. The first-order valence-electron chi connectivity index (χ1n) is 10.3. The van der Waals surface area contributed by atoms with Gasteiger partial charge in [-0.25, -0.2) is 13.6 Å². The van der Waals surface area contributed by atoms with Crippen molar-refractivity contribution in [2.45, 2.75) is 88.6 Å². The average Bonchev–Trinajstić information content (AvgIpc) is 3.41. The Morgan fingerprint density at radius 2 is 1.71 bits per heavy atom. The van der Waals surface area contributed by atoms with Gasteiger partial charge in [-0.1, -0.05) is 19.3 Å². The number of nitrogens with one attached hydrogen (secondary N) is 2. The number of nitriles is 1. The van der Waals surface area contributed by atoms with Crippen LogP contribution in [0.1, 0.15) is 71.1 Å². The summed E-state index contributed by atoms with van der Waals surface area (Å²) in [5, 5.41) is 14.1. The first-order chi connectivity index (χ1) is 13.2. The van der Waals surface area contributed by atoms with Crippen LogP contribution in [-0.2, 0) is 4.79 Å². The summed E-state index contributed by atoms with van der Waals surface area (Å²) in [5.74, 6) is -3.82. The molecule has 0 radical (unpaired) electrons. The van der Waals surface area contributed by atoms with E-state index in [4.69, 9.17) is 5.26 Å². The molecule has 3 aliphatic rings. The molecule has 28 heavy (non-hydrogen) atoms. The van der Waals surface area contributed by atoms with Crippen LogP contribution in [0, 0.1) is 16.7 Å². The molecule has 6 nitrogen and oxygen atoms in total. The molecule has 3 amide bonds. The predicted octanol–water partition coefficient (Wildman–Crippen LogP) is 3.33. The van der Waals surface area contributed by atoms with Gasteiger partial charge < -0.3 is 15.5 Å². The maximum absolute atomic E-state index is 13.6. The second-order valence-corrected chi connectivity index (χ2v) is 9.01. The van der Waals surface area contributed by atoms with E-state index in [1.807, 2.05) is 6.07 Å². The van der Waals surface area contributed by atoms with Gasteiger partial charge in [-0.3, -0.25) is 4.79 Å². The Morgan fingerprint density at radius 1 is 1.11 bits per heavy atom. The Hall–Kier alpha value is -1.91. The van der Waals surface area contributed by atoms with Gasteiger partial charge in [0, 0.05) is 19.5 Å². The zero-order valence-corrected chi connectivity index (χ0v) is 16.5. The normalized spacial score (nSPS) is 24.1. The van der Waals surface area contributed by atoms with E-state index >= 15 is 0 Å². The molecule has 0 aromatic heterocycles. The van der Waals surface area contributed by atoms with Crippen molar-refractivity contribution >= 4 is 11.9 Å². The van der Waals surface area contributed by atoms with Crippen LogP contribution < -0.4 is 10.6 Å². The van der Waals surface area contributed by atoms with E-state index in [1.54, 1.807) is 4.90 Å². The Balaban J connectivity index is 1.58. The van der Waals surface area contributed by atoms with Gasteiger partial charge in [-0.2, -0.15) is 5.26 Å². The maximum Gasteiger partial charge on any atom is 0.318 e. The summed E-state index contributed by atoms with van der Waals surface area (Å²) in [6.45, 7) is 1.90. The zero-order chi connectivity index (χ0) is 20.4. The number of alkyl halides is 2. The Labute approximate surface area is 165 Å². The predicted molar refractivity (Wildman–Crippen MR) is 99.6 cm³/mol. The van der Waals surface area contributed by atoms with Crippen LogP contribution in [0.25, 0.3) is 0 Å². The van der Waals surface area contributed by atoms with Gasteiger partial charge in [0.25, 0.3) is 0 Å². The van der Waals surface area contributed by atoms with Crippen LogP contribution in [0.15, 0.2) is 0 Å². The number of amides is 3. The average molecular weight is 396 g/mol. The lowest BCUT2D eigenvalue weighted by atomic mass is 9.68. The molecule has 1 heterocycles. The molecule has 3 rings (SSSR count). The first-order valence-corrected chi connectivity index (χ1v) is 10.3. The van der Waals surface area contributed by atoms with Crippen LogP contribution in [0.2, 0.25) is 0 Å². The standard InChI is InChI=1S/C20H30F2N4O2/c1-18(21,22)13-15(16(27)25-20(14-23)7-8-20)24-17(28)26-11-9-19(10-12-26)5-3-2-4-6-19/h15H,2-13H2,1H3,(H,24,28)(H,25,27)/t15-/m0/s1. The minimum atomic E-state index is -3.10. The van der Waals surface area contributed by atoms with E-state index in [0.717, 1.165) is 19.8 Å². The second-order valence-electron chi connectivity index (χ2n) is 9.01. The summed E-state index contributed by atoms with van der Waals surface area (Å²) < 4.78 is 27.2. The molecule has 0 unspecified atom stereocenters. The highest BCUT2D eigenvalue weighted by Crippen LogP contribution is 2.44. The van der Waals surface area contributed by atoms with E-state index in [0.29, 0.717) is 31.3 Å². The van der Waals surface area contributed by atoms with Gasteiger partial charge >= 0.3 is 6.03 Å². The summed E-state index contributed by atoms with van der Waals surface area (Å²) in [4.78, 5) is 26.7. The fraction of sp³-hybridized carbons (Fsp3) is 0.850. The SMILES string of the molecule is CC(F)(F)C[C@H](NC(=O)N1CCC2(CCCCC2)CC1)C(=O)NC1(C#N)CC1. The lowest BCUT2D eigenvalue weighted by Crippen LogP contribution is -2.56. The van der Waals surface area contributed by atoms with Crippen molar-refractivity contribution in [3.05, 3.63) is 0 Å². The van der Waals surface area contributed by atoms with Crippen LogP contribution in [0.5, 0.6) is 0 Å². The lowest BCUT2D eigenvalue weighted by Gasteiger charge is -2.44. The van der Waals surface area contributed by atoms with Crippen LogP contribution in [-0.4, -0.2) is 47.4 Å². The second kappa shape index (κ2) is 7.84. The summed E-state index contributed by atoms with van der Waals surface area (Å²) in [5.41, 5.74) is -0.630. The molecule has 0 bridgehead atoms. The fourth-order valence-corrected chi connectivity index (χ4v) is 4.51. The molecule has 156 valence electrons. The van der Waals surface area contributed by atoms with Gasteiger partial charge in [0.2, 0.25) is 11.8 Å². The topological polar surface area (TPSA) is 85.2 Å². The Morgan fingerprint density at radius 3 is 2.21 bits per heavy atom. The minimum Gasteiger partial charge on any atom is -0.336 e. The quantitative estimate of drug-likeness (QED) is 0.747. The van der Waals surface area contributed by atoms with Crippen molar-refractivity contribution in [1.29, 1.82) is 5.26 Å². The van der Waals surface area contributed by atoms with Crippen molar-refractivity contribution in [2.75, 3.05) is 13.1 Å². The number of carbonyl (C=O) groups excluding carboxylic acids is 2. The molecule has 3 fully saturated rings. The number of nitrogens with zero attached hydrogens (tertiary/aromatic N) is 2. The van der Waals surface area contributed by atoms with Crippen molar-refractivity contribution in [2.24, 2.45) is 5.41 Å². The largest absolute Gasteiger partial charge is 0.336 e. The number of piperidine rings is 1. The number of halogens is 2. The summed E-state index contributed by atoms with van der Waals surface area (Å²) in [6.07, 6.45) is 8.23. The van der Waals surface area contributed by atoms with Crippen LogP contribution >= 0.6 is 0 Å². The molecule has 2 saturated carbocycles. The molecule has 8 heteroatoms. The number of carbonyl (C=O) groups is 2. The molecular weight excluding hydrogens is 366 g/mol. The van der Waals surface area contributed by atoms with Crippen LogP contribution in [0.4, 0.5) is 13.6 Å². The van der Waals surface area contributed by atoms with E-state index in [1.165, 1.54) is 32.1 Å². The number of hydrogen-bond donors (Lipinski definition) is 2. The van der Waals surface area contributed by atoms with Gasteiger partial charge in [-0.05, 0) is 50.9 Å². The van der Waals surface area contributed by atoms with E-state index in [-0.39, 0.29) is 0 Å². The van der Waals surface area contributed by atoms with Gasteiger partial charge in [0.1, 0.15) is 11.6 Å². The highest BCUT2D eigenvalue weighted by Gasteiger charge is 2.47. The highest BCUT2D eigenvalue weighted by molar-refractivity contribution is 5.88. The maximum atomic E-state index is 13.6. The van der Waals surface area contributed by atoms with E-state index in [9.17, 15) is 18.4 Å². The molecule has 0 aromatic rings. The monoisotopic (exact) mass is 396 g/mol. The number of likely N-dealkylation sites (tertiary alicyclic amines) is 1. The van der Waals surface area contributed by atoms with Crippen LogP contribution in [0.3, 0.4) is 0 Å². The molecule has 1 saturated heterocycles. The third kappa shape index (κ3) is 5.12. The van der Waals surface area contributed by atoms with Gasteiger partial charge in [0.15, 0.2) is 0 Å². The molecule has 2 aliphatic carbocycles. The molecule has 0 aromatic carbocycles. The smallest absolute Gasteiger partial charge is 0.318 e. The number of urea groups is 1. The van der Waals surface area contributed by atoms with E-state index < -0.39 is 35.9 Å². The molecule has 1 spiro atoms. The van der Waals surface area contributed by atoms with E-state index in [2.05, 4.69) is 10.6 Å². The molecule has 1 aliphatic heterocycles. The number of rotatable bonds is 5. The van der Waals surface area contributed by atoms with Gasteiger partial charge in [-0.15, -0.1) is 0 Å². The number of hydrogen-bond acceptors (Lipinski definition) is 3. The molecular formula is C20H30F2N4O2. The zero-order valence-electron chi connectivity index (χ0n) is 16.5. The van der Waals surface area contributed by atoms with Gasteiger partial charge in [0.05, 0.1) is 6.07 Å². The van der Waals surface area contributed by atoms with Crippen molar-refractivity contribution < 1.29 is 18.4 Å². The summed E-state index contributed by atoms with van der Waals surface area (Å²) >= 11 is 0. The lowest BCUT2D eigenvalue weighted by molar-refractivity contribution is -0.126. The highest BCUT2D eigenvalue weighted by atomic mass is 19.3. The Kier molecular flexibility index (Phi) is 5.83. The third-order valence-electron chi connectivity index (χ3n) is 6.53. The van der Waals surface area contributed by atoms with Crippen molar-refractivity contribution in [1.82, 2.24) is 15.5 Å². The molecule has 1 atom stereocenters. The fourth-order valence-electron chi connectivity index (χ4n) is 4.51. The van der Waals surface area contributed by atoms with Crippen molar-refractivity contribution in [3.8, 4) is 6.07 Å². The minimum absolute atomic E-state index is 0.327. The summed E-state index contributed by atoms with van der Waals surface area (Å²) in [6, 6.07) is 0.175. The summed E-state index contributed by atoms with van der Waals surface area (Å²) in [7, 11) is 0.